The van der Waals surface area contributed by atoms with E-state index in [4.69, 9.17) is 27.9 Å². The molecule has 35 heavy (non-hydrogen) atoms. The molecule has 0 aliphatic heterocycles. The molecule has 0 bridgehead atoms. The molecule has 1 amide bonds. The number of nitriles is 1. The molecule has 1 N–H and O–H groups in total. The molecule has 0 spiro atoms. The molecule has 0 aliphatic carbocycles. The van der Waals surface area contributed by atoms with Gasteiger partial charge < -0.3 is 10.1 Å². The monoisotopic (exact) mass is 628 g/mol. The molecule has 0 atom stereocenters. The SMILES string of the molecule is N#C/C(=C/c1cc(Br)c(OCc2ccc3ccccc3c2)c(Br)c1)C(=O)Nc1cccc(Cl)c1Cl. The van der Waals surface area contributed by atoms with E-state index < -0.39 is 5.91 Å². The van der Waals surface area contributed by atoms with Crippen LogP contribution >= 0.6 is 55.1 Å². The van der Waals surface area contributed by atoms with Gasteiger partial charge in [-0.2, -0.15) is 5.26 Å². The molecule has 174 valence electrons. The minimum atomic E-state index is -0.597. The van der Waals surface area contributed by atoms with Crippen molar-refractivity contribution in [2.24, 2.45) is 0 Å². The highest BCUT2D eigenvalue weighted by molar-refractivity contribution is 9.11. The van der Waals surface area contributed by atoms with Crippen LogP contribution in [0.5, 0.6) is 5.75 Å². The summed E-state index contributed by atoms with van der Waals surface area (Å²) in [5.41, 5.74) is 1.90. The van der Waals surface area contributed by atoms with Crippen LogP contribution in [0.3, 0.4) is 0 Å². The number of hydrogen-bond donors (Lipinski definition) is 1. The number of rotatable bonds is 6. The highest BCUT2D eigenvalue weighted by Gasteiger charge is 2.15. The van der Waals surface area contributed by atoms with Crippen molar-refractivity contribution in [3.63, 3.8) is 0 Å². The number of anilines is 1. The lowest BCUT2D eigenvalue weighted by atomic mass is 10.1. The maximum absolute atomic E-state index is 12.6. The van der Waals surface area contributed by atoms with Crippen LogP contribution in [-0.4, -0.2) is 5.91 Å². The Kier molecular flexibility index (Phi) is 8.15. The summed E-state index contributed by atoms with van der Waals surface area (Å²) >= 11 is 19.2. The fraction of sp³-hybridized carbons (Fsp3) is 0.0370. The summed E-state index contributed by atoms with van der Waals surface area (Å²) in [5.74, 6) is 0.0181. The maximum atomic E-state index is 12.6. The van der Waals surface area contributed by atoms with E-state index in [9.17, 15) is 10.1 Å². The molecule has 0 radical (unpaired) electrons. The number of carbonyl (C=O) groups is 1. The van der Waals surface area contributed by atoms with E-state index in [-0.39, 0.29) is 10.6 Å². The summed E-state index contributed by atoms with van der Waals surface area (Å²) in [6.07, 6.45) is 1.48. The molecule has 4 aromatic carbocycles. The standard InChI is InChI=1S/C27H16Br2Cl2N2O2/c28-21-12-17(11-20(14-32)27(34)33-24-7-3-6-23(30)25(24)31)13-22(29)26(21)35-15-16-8-9-18-4-1-2-5-19(18)10-16/h1-13H,15H2,(H,33,34)/b20-11-. The molecule has 0 saturated heterocycles. The summed E-state index contributed by atoms with van der Waals surface area (Å²) < 4.78 is 7.40. The van der Waals surface area contributed by atoms with E-state index in [0.717, 1.165) is 10.9 Å². The normalized spacial score (nSPS) is 11.2. The first-order valence-corrected chi connectivity index (χ1v) is 12.7. The van der Waals surface area contributed by atoms with Gasteiger partial charge in [-0.15, -0.1) is 0 Å². The summed E-state index contributed by atoms with van der Waals surface area (Å²) in [6, 6.07) is 24.7. The van der Waals surface area contributed by atoms with Crippen molar-refractivity contribution in [3.05, 3.63) is 108 Å². The van der Waals surface area contributed by atoms with Gasteiger partial charge in [0.2, 0.25) is 0 Å². The zero-order chi connectivity index (χ0) is 24.9. The lowest BCUT2D eigenvalue weighted by Gasteiger charge is -2.12. The van der Waals surface area contributed by atoms with Crippen LogP contribution < -0.4 is 10.1 Å². The number of halogens is 4. The van der Waals surface area contributed by atoms with Gasteiger partial charge in [0.15, 0.2) is 0 Å². The second-order valence-electron chi connectivity index (χ2n) is 7.51. The van der Waals surface area contributed by atoms with E-state index in [1.165, 1.54) is 11.5 Å². The fourth-order valence-corrected chi connectivity index (χ4v) is 5.19. The van der Waals surface area contributed by atoms with Gasteiger partial charge in [0.05, 0.1) is 24.7 Å². The first kappa shape index (κ1) is 25.3. The van der Waals surface area contributed by atoms with Crippen molar-refractivity contribution in [3.8, 4) is 11.8 Å². The van der Waals surface area contributed by atoms with Gasteiger partial charge in [-0.05, 0) is 90.2 Å². The molecule has 4 aromatic rings. The predicted molar refractivity (Wildman–Crippen MR) is 149 cm³/mol. The zero-order valence-corrected chi connectivity index (χ0v) is 22.7. The largest absolute Gasteiger partial charge is 0.487 e. The molecule has 0 aliphatic rings. The number of carbonyl (C=O) groups excluding carboxylic acids is 1. The van der Waals surface area contributed by atoms with E-state index >= 15 is 0 Å². The minimum absolute atomic E-state index is 0.0929. The minimum Gasteiger partial charge on any atom is -0.487 e. The third-order valence-corrected chi connectivity index (χ3v) is 7.09. The second kappa shape index (κ2) is 11.3. The van der Waals surface area contributed by atoms with Crippen LogP contribution in [0.25, 0.3) is 16.8 Å². The van der Waals surface area contributed by atoms with Gasteiger partial charge in [0.25, 0.3) is 5.91 Å². The number of amides is 1. The molecular weight excluding hydrogens is 615 g/mol. The first-order chi connectivity index (χ1) is 16.9. The number of nitrogens with one attached hydrogen (secondary N) is 1. The van der Waals surface area contributed by atoms with E-state index in [1.54, 1.807) is 30.3 Å². The highest BCUT2D eigenvalue weighted by Crippen LogP contribution is 2.36. The Balaban J connectivity index is 1.51. The Morgan fingerprint density at radius 1 is 0.971 bits per heavy atom. The van der Waals surface area contributed by atoms with Gasteiger partial charge >= 0.3 is 0 Å². The van der Waals surface area contributed by atoms with Crippen LogP contribution in [-0.2, 0) is 11.4 Å². The van der Waals surface area contributed by atoms with Gasteiger partial charge in [0, 0.05) is 0 Å². The molecule has 4 rings (SSSR count). The van der Waals surface area contributed by atoms with Crippen molar-refractivity contribution < 1.29 is 9.53 Å². The van der Waals surface area contributed by atoms with Crippen molar-refractivity contribution in [1.29, 1.82) is 5.26 Å². The Morgan fingerprint density at radius 3 is 2.40 bits per heavy atom. The predicted octanol–water partition coefficient (Wildman–Crippen LogP) is 8.80. The van der Waals surface area contributed by atoms with Crippen LogP contribution in [0.4, 0.5) is 5.69 Å². The molecular formula is C27H16Br2Cl2N2O2. The summed E-state index contributed by atoms with van der Waals surface area (Å²) in [7, 11) is 0. The van der Waals surface area contributed by atoms with E-state index in [0.29, 0.717) is 37.6 Å². The molecule has 0 aromatic heterocycles. The number of nitrogens with zero attached hydrogens (tertiary/aromatic N) is 1. The number of fused-ring (bicyclic) bond motifs is 1. The van der Waals surface area contributed by atoms with Crippen LogP contribution in [0.1, 0.15) is 11.1 Å². The summed E-state index contributed by atoms with van der Waals surface area (Å²) in [4.78, 5) is 12.6. The molecule has 8 heteroatoms. The van der Waals surface area contributed by atoms with Crippen molar-refractivity contribution >= 4 is 83.5 Å². The molecule has 4 nitrogen and oxygen atoms in total. The molecule has 0 saturated carbocycles. The smallest absolute Gasteiger partial charge is 0.266 e. The Labute approximate surface area is 229 Å². The average molecular weight is 631 g/mol. The van der Waals surface area contributed by atoms with Crippen molar-refractivity contribution in [2.75, 3.05) is 5.32 Å². The molecule has 0 fully saturated rings. The zero-order valence-electron chi connectivity index (χ0n) is 18.0. The third kappa shape index (κ3) is 6.06. The summed E-state index contributed by atoms with van der Waals surface area (Å²) in [5, 5.41) is 15.0. The van der Waals surface area contributed by atoms with Crippen molar-refractivity contribution in [2.45, 2.75) is 6.61 Å². The lowest BCUT2D eigenvalue weighted by molar-refractivity contribution is -0.112. The number of benzene rings is 4. The molecule has 0 unspecified atom stereocenters. The van der Waals surface area contributed by atoms with E-state index in [2.05, 4.69) is 61.4 Å². The van der Waals surface area contributed by atoms with E-state index in [1.807, 2.05) is 24.3 Å². The Morgan fingerprint density at radius 2 is 1.69 bits per heavy atom. The average Bonchev–Trinajstić information content (AvgIpc) is 2.84. The van der Waals surface area contributed by atoms with Crippen molar-refractivity contribution in [1.82, 2.24) is 0 Å². The Bertz CT molecular complexity index is 1490. The topological polar surface area (TPSA) is 62.1 Å². The first-order valence-electron chi connectivity index (χ1n) is 10.3. The van der Waals surface area contributed by atoms with Crippen LogP contribution in [0.2, 0.25) is 10.0 Å². The second-order valence-corrected chi connectivity index (χ2v) is 10.0. The third-order valence-electron chi connectivity index (χ3n) is 5.09. The maximum Gasteiger partial charge on any atom is 0.266 e. The Hall–Kier alpha value is -2.82. The van der Waals surface area contributed by atoms with Gasteiger partial charge in [-0.3, -0.25) is 4.79 Å². The van der Waals surface area contributed by atoms with Gasteiger partial charge in [-0.25, -0.2) is 0 Å². The number of ether oxygens (including phenoxy) is 1. The van der Waals surface area contributed by atoms with Crippen LogP contribution in [0, 0.1) is 11.3 Å². The van der Waals surface area contributed by atoms with Crippen LogP contribution in [0.15, 0.2) is 87.3 Å². The highest BCUT2D eigenvalue weighted by atomic mass is 79.9. The van der Waals surface area contributed by atoms with Gasteiger partial charge in [-0.1, -0.05) is 65.7 Å². The lowest BCUT2D eigenvalue weighted by Crippen LogP contribution is -2.13. The summed E-state index contributed by atoms with van der Waals surface area (Å²) in [6.45, 7) is 0.378. The van der Waals surface area contributed by atoms with Gasteiger partial charge in [0.1, 0.15) is 24.0 Å². The molecule has 0 heterocycles. The fourth-order valence-electron chi connectivity index (χ4n) is 3.39. The number of hydrogen-bond acceptors (Lipinski definition) is 3. The quantitative estimate of drug-likeness (QED) is 0.171.